The van der Waals surface area contributed by atoms with Crippen LogP contribution in [0.3, 0.4) is 0 Å². The lowest BCUT2D eigenvalue weighted by atomic mass is 10.1. The van der Waals surface area contributed by atoms with Gasteiger partial charge in [-0.1, -0.05) is 70.4 Å². The number of ketones is 1. The van der Waals surface area contributed by atoms with Gasteiger partial charge in [0.05, 0.1) is 0 Å². The van der Waals surface area contributed by atoms with Crippen molar-refractivity contribution >= 4 is 5.78 Å². The highest BCUT2D eigenvalue weighted by Gasteiger charge is 2.14. The molecule has 0 aliphatic carbocycles. The van der Waals surface area contributed by atoms with E-state index in [0.717, 1.165) is 12.8 Å². The van der Waals surface area contributed by atoms with Gasteiger partial charge in [0.15, 0.2) is 5.82 Å². The van der Waals surface area contributed by atoms with Gasteiger partial charge in [-0.05, 0) is 38.2 Å². The second-order valence-electron chi connectivity index (χ2n) is 7.87. The average Bonchev–Trinajstić information content (AvgIpc) is 3.27. The van der Waals surface area contributed by atoms with Gasteiger partial charge in [0.1, 0.15) is 12.0 Å². The van der Waals surface area contributed by atoms with Crippen LogP contribution in [0.25, 0.3) is 11.5 Å². The van der Waals surface area contributed by atoms with Crippen molar-refractivity contribution in [2.45, 2.75) is 96.8 Å². The molecule has 0 N–H and O–H groups in total. The molecule has 2 heterocycles. The molecule has 0 aliphatic heterocycles. The molecule has 2 rings (SSSR count). The summed E-state index contributed by atoms with van der Waals surface area (Å²) >= 11 is 0. The number of allylic oxidation sites excluding steroid dienone is 2. The summed E-state index contributed by atoms with van der Waals surface area (Å²) in [5.74, 6) is 0.587. The highest BCUT2D eigenvalue weighted by atomic mass is 16.3. The second kappa shape index (κ2) is 15.5. The maximum absolute atomic E-state index is 12.2. The summed E-state index contributed by atoms with van der Waals surface area (Å²) in [6.45, 7) is 2.26. The third-order valence-corrected chi connectivity index (χ3v) is 5.20. The van der Waals surface area contributed by atoms with E-state index in [-0.39, 0.29) is 11.7 Å². The van der Waals surface area contributed by atoms with Crippen LogP contribution >= 0.6 is 0 Å². The number of Topliss-reactive ketones (excluding diaryl/α,β-unsaturated/α-hetero) is 1. The third kappa shape index (κ3) is 9.95. The zero-order valence-corrected chi connectivity index (χ0v) is 18.5. The second-order valence-corrected chi connectivity index (χ2v) is 7.87. The van der Waals surface area contributed by atoms with E-state index in [2.05, 4.69) is 34.0 Å². The Labute approximate surface area is 181 Å². The number of carbonyl (C=O) groups excluding carboxylic acids is 1. The summed E-state index contributed by atoms with van der Waals surface area (Å²) in [5, 5.41) is 0. The first kappa shape index (κ1) is 24.0. The highest BCUT2D eigenvalue weighted by molar-refractivity contribution is 5.92. The van der Waals surface area contributed by atoms with Gasteiger partial charge in [-0.15, -0.1) is 0 Å². The Morgan fingerprint density at radius 1 is 0.867 bits per heavy atom. The Bertz CT molecular complexity index is 725. The number of oxazole rings is 1. The summed E-state index contributed by atoms with van der Waals surface area (Å²) in [6, 6.07) is 1.74. The molecule has 0 amide bonds. The minimum atomic E-state index is -0.0465. The molecule has 2 aromatic rings. The summed E-state index contributed by atoms with van der Waals surface area (Å²) in [7, 11) is 0. The number of unbranched alkanes of at least 4 members (excludes halogenated alkanes) is 11. The first-order chi connectivity index (χ1) is 14.8. The minimum absolute atomic E-state index is 0.0465. The Hall–Kier alpha value is -2.30. The zero-order valence-electron chi connectivity index (χ0n) is 18.5. The average molecular weight is 412 g/mol. The van der Waals surface area contributed by atoms with Crippen molar-refractivity contribution in [3.8, 4) is 11.5 Å². The molecule has 5 heteroatoms. The molecular formula is C25H37N3O2. The van der Waals surface area contributed by atoms with Crippen LogP contribution in [0.15, 0.2) is 41.3 Å². The lowest BCUT2D eigenvalue weighted by Gasteiger charge is -2.00. The van der Waals surface area contributed by atoms with Gasteiger partial charge in [0, 0.05) is 18.8 Å². The lowest BCUT2D eigenvalue weighted by molar-refractivity contribution is 0.0945. The zero-order chi connectivity index (χ0) is 21.3. The predicted octanol–water partition coefficient (Wildman–Crippen LogP) is 7.35. The van der Waals surface area contributed by atoms with Crippen LogP contribution < -0.4 is 0 Å². The molecule has 0 aromatic carbocycles. The van der Waals surface area contributed by atoms with E-state index < -0.39 is 0 Å². The van der Waals surface area contributed by atoms with E-state index >= 15 is 0 Å². The van der Waals surface area contributed by atoms with E-state index in [9.17, 15) is 4.79 Å². The van der Waals surface area contributed by atoms with Crippen molar-refractivity contribution < 1.29 is 9.21 Å². The fraction of sp³-hybridized carbons (Fsp3) is 0.600. The Kier molecular flexibility index (Phi) is 12.4. The largest absolute Gasteiger partial charge is 0.442 e. The molecule has 2 aromatic heterocycles. The van der Waals surface area contributed by atoms with Gasteiger partial charge >= 0.3 is 0 Å². The predicted molar refractivity (Wildman–Crippen MR) is 121 cm³/mol. The third-order valence-electron chi connectivity index (χ3n) is 5.20. The Morgan fingerprint density at radius 3 is 2.13 bits per heavy atom. The number of aromatic nitrogens is 3. The summed E-state index contributed by atoms with van der Waals surface area (Å²) in [4.78, 5) is 24.7. The molecule has 0 saturated carbocycles. The fourth-order valence-electron chi connectivity index (χ4n) is 3.40. The molecule has 5 nitrogen and oxygen atoms in total. The van der Waals surface area contributed by atoms with Crippen molar-refractivity contribution in [1.29, 1.82) is 0 Å². The van der Waals surface area contributed by atoms with Crippen LogP contribution in [0.1, 0.15) is 108 Å². The van der Waals surface area contributed by atoms with Crippen LogP contribution in [0.2, 0.25) is 0 Å². The van der Waals surface area contributed by atoms with Gasteiger partial charge in [-0.25, -0.2) is 15.0 Å². The molecule has 0 bridgehead atoms. The molecular weight excluding hydrogens is 374 g/mol. The summed E-state index contributed by atoms with van der Waals surface area (Å²) in [5.41, 5.74) is 0.503. The molecule has 0 radical (unpaired) electrons. The number of hydrogen-bond acceptors (Lipinski definition) is 5. The summed E-state index contributed by atoms with van der Waals surface area (Å²) < 4.78 is 5.31. The van der Waals surface area contributed by atoms with E-state index in [1.807, 2.05) is 0 Å². The van der Waals surface area contributed by atoms with Gasteiger partial charge in [-0.2, -0.15) is 0 Å². The van der Waals surface area contributed by atoms with Crippen LogP contribution in [-0.2, 0) is 0 Å². The van der Waals surface area contributed by atoms with Crippen LogP contribution in [-0.4, -0.2) is 20.7 Å². The number of nitrogens with zero attached hydrogens (tertiary/aromatic N) is 3. The Morgan fingerprint density at radius 2 is 1.47 bits per heavy atom. The van der Waals surface area contributed by atoms with Crippen molar-refractivity contribution in [2.75, 3.05) is 0 Å². The maximum atomic E-state index is 12.2. The van der Waals surface area contributed by atoms with Gasteiger partial charge < -0.3 is 4.42 Å². The van der Waals surface area contributed by atoms with Gasteiger partial charge in [0.2, 0.25) is 5.78 Å². The van der Waals surface area contributed by atoms with Gasteiger partial charge in [0.25, 0.3) is 5.89 Å². The molecule has 164 valence electrons. The SMILES string of the molecule is CCCCCCCC/C=C\CCCCCCCC(=O)c1nc(-c2ncccn2)co1. The topological polar surface area (TPSA) is 68.9 Å². The molecule has 0 atom stereocenters. The minimum Gasteiger partial charge on any atom is -0.442 e. The van der Waals surface area contributed by atoms with Crippen molar-refractivity contribution in [2.24, 2.45) is 0 Å². The molecule has 0 saturated heterocycles. The first-order valence-corrected chi connectivity index (χ1v) is 11.7. The molecule has 30 heavy (non-hydrogen) atoms. The maximum Gasteiger partial charge on any atom is 0.263 e. The molecule has 0 aliphatic rings. The van der Waals surface area contributed by atoms with E-state index in [1.165, 1.54) is 76.9 Å². The summed E-state index contributed by atoms with van der Waals surface area (Å²) in [6.07, 6.45) is 26.1. The van der Waals surface area contributed by atoms with E-state index in [4.69, 9.17) is 4.42 Å². The van der Waals surface area contributed by atoms with Crippen molar-refractivity contribution in [3.05, 3.63) is 42.8 Å². The molecule has 0 unspecified atom stereocenters. The van der Waals surface area contributed by atoms with Crippen LogP contribution in [0.5, 0.6) is 0 Å². The monoisotopic (exact) mass is 411 g/mol. The highest BCUT2D eigenvalue weighted by Crippen LogP contribution is 2.16. The number of rotatable bonds is 17. The number of carbonyl (C=O) groups is 1. The van der Waals surface area contributed by atoms with Crippen LogP contribution in [0.4, 0.5) is 0 Å². The number of hydrogen-bond donors (Lipinski definition) is 0. The van der Waals surface area contributed by atoms with E-state index in [1.54, 1.807) is 18.5 Å². The first-order valence-electron chi connectivity index (χ1n) is 11.7. The van der Waals surface area contributed by atoms with Gasteiger partial charge in [-0.3, -0.25) is 4.79 Å². The molecule has 0 fully saturated rings. The Balaban J connectivity index is 1.45. The van der Waals surface area contributed by atoms with Crippen molar-refractivity contribution in [1.82, 2.24) is 15.0 Å². The van der Waals surface area contributed by atoms with E-state index in [0.29, 0.717) is 17.9 Å². The van der Waals surface area contributed by atoms with Crippen molar-refractivity contribution in [3.63, 3.8) is 0 Å². The molecule has 0 spiro atoms. The lowest BCUT2D eigenvalue weighted by Crippen LogP contribution is -1.99. The standard InChI is InChI=1S/C25H37N3O2/c1-2-3-4-5-6-7-8-9-10-11-12-13-14-15-16-18-23(29)25-28-22(21-30-25)24-26-19-17-20-27-24/h9-10,17,19-21H,2-8,11-16,18H2,1H3/b10-9-. The fourth-order valence-corrected chi connectivity index (χ4v) is 3.40. The quantitative estimate of drug-likeness (QED) is 0.155. The normalized spacial score (nSPS) is 11.4. The van der Waals surface area contributed by atoms with Crippen LogP contribution in [0, 0.1) is 0 Å². The smallest absolute Gasteiger partial charge is 0.263 e.